The number of allylic oxidation sites excluding steroid dienone is 2. The van der Waals surface area contributed by atoms with Crippen LogP contribution in [0.15, 0.2) is 45.8 Å². The first kappa shape index (κ1) is 19.0. The zero-order valence-electron chi connectivity index (χ0n) is 16.4. The van der Waals surface area contributed by atoms with Gasteiger partial charge in [0.15, 0.2) is 5.69 Å². The molecule has 0 saturated carbocycles. The zero-order valence-corrected chi connectivity index (χ0v) is 16.4. The quantitative estimate of drug-likeness (QED) is 0.839. The molecule has 3 rings (SSSR count). The van der Waals surface area contributed by atoms with Crippen molar-refractivity contribution in [1.29, 1.82) is 0 Å². The standard InChI is InChI=1S/C21H26N4O2/c1-5-10-25-20(27)17-9-7-6-8-16(17)18(24-25)19(26)23-22-15-11-14(2)12-21(3,4)13-15/h6-9,11H,5,10,12-13H2,1-4H3,(H,23,26)/b22-15+. The van der Waals surface area contributed by atoms with E-state index in [0.717, 1.165) is 25.0 Å². The van der Waals surface area contributed by atoms with Gasteiger partial charge in [0.05, 0.1) is 11.1 Å². The van der Waals surface area contributed by atoms with Crippen molar-refractivity contribution in [1.82, 2.24) is 15.2 Å². The second-order valence-corrected chi connectivity index (χ2v) is 7.98. The summed E-state index contributed by atoms with van der Waals surface area (Å²) in [5, 5.41) is 9.67. The molecule has 1 aliphatic carbocycles. The molecule has 0 aliphatic heterocycles. The third-order valence-electron chi connectivity index (χ3n) is 4.65. The molecule has 1 heterocycles. The topological polar surface area (TPSA) is 76.3 Å². The molecule has 142 valence electrons. The number of aryl methyl sites for hydroxylation is 1. The molecular weight excluding hydrogens is 340 g/mol. The van der Waals surface area contributed by atoms with Crippen LogP contribution < -0.4 is 11.0 Å². The number of nitrogens with zero attached hydrogens (tertiary/aromatic N) is 3. The highest BCUT2D eigenvalue weighted by atomic mass is 16.2. The fourth-order valence-electron chi connectivity index (χ4n) is 3.71. The molecule has 0 saturated heterocycles. The number of carbonyl (C=O) groups is 1. The summed E-state index contributed by atoms with van der Waals surface area (Å²) in [5.41, 5.74) is 4.90. The van der Waals surface area contributed by atoms with Crippen LogP contribution in [0, 0.1) is 5.41 Å². The normalized spacial score (nSPS) is 17.8. The minimum atomic E-state index is -0.405. The summed E-state index contributed by atoms with van der Waals surface area (Å²) in [6.07, 6.45) is 4.60. The predicted molar refractivity (Wildman–Crippen MR) is 108 cm³/mol. The summed E-state index contributed by atoms with van der Waals surface area (Å²) in [7, 11) is 0. The van der Waals surface area contributed by atoms with Gasteiger partial charge >= 0.3 is 0 Å². The Morgan fingerprint density at radius 2 is 1.96 bits per heavy atom. The van der Waals surface area contributed by atoms with Crippen molar-refractivity contribution in [2.24, 2.45) is 10.5 Å². The molecule has 6 heteroatoms. The monoisotopic (exact) mass is 366 g/mol. The Hall–Kier alpha value is -2.76. The lowest BCUT2D eigenvalue weighted by atomic mass is 9.77. The van der Waals surface area contributed by atoms with Crippen LogP contribution >= 0.6 is 0 Å². The van der Waals surface area contributed by atoms with Gasteiger partial charge in [0.25, 0.3) is 11.5 Å². The first-order valence-electron chi connectivity index (χ1n) is 9.34. The average Bonchev–Trinajstić information content (AvgIpc) is 2.60. The van der Waals surface area contributed by atoms with E-state index in [4.69, 9.17) is 0 Å². The van der Waals surface area contributed by atoms with Crippen LogP contribution in [0.4, 0.5) is 0 Å². The SMILES string of the molecule is CCCn1nc(C(=O)N/N=C2\C=C(C)CC(C)(C)C2)c2ccccc2c1=O. The van der Waals surface area contributed by atoms with Crippen molar-refractivity contribution in [3.63, 3.8) is 0 Å². The summed E-state index contributed by atoms with van der Waals surface area (Å²) >= 11 is 0. The van der Waals surface area contributed by atoms with E-state index in [-0.39, 0.29) is 16.7 Å². The van der Waals surface area contributed by atoms with Gasteiger partial charge in [-0.2, -0.15) is 10.2 Å². The first-order valence-corrected chi connectivity index (χ1v) is 9.34. The maximum Gasteiger partial charge on any atom is 0.292 e. The third-order valence-corrected chi connectivity index (χ3v) is 4.65. The molecule has 0 radical (unpaired) electrons. The number of hydrazone groups is 1. The Morgan fingerprint density at radius 3 is 2.63 bits per heavy atom. The van der Waals surface area contributed by atoms with E-state index in [1.54, 1.807) is 24.3 Å². The molecule has 6 nitrogen and oxygen atoms in total. The van der Waals surface area contributed by atoms with Gasteiger partial charge in [0, 0.05) is 11.9 Å². The summed E-state index contributed by atoms with van der Waals surface area (Å²) in [6.45, 7) is 8.89. The van der Waals surface area contributed by atoms with E-state index in [9.17, 15) is 9.59 Å². The lowest BCUT2D eigenvalue weighted by Crippen LogP contribution is -2.30. The molecule has 2 aromatic rings. The fourth-order valence-corrected chi connectivity index (χ4v) is 3.71. The van der Waals surface area contributed by atoms with Gasteiger partial charge in [0.2, 0.25) is 0 Å². The molecule has 1 N–H and O–H groups in total. The van der Waals surface area contributed by atoms with Gasteiger partial charge in [-0.1, -0.05) is 44.5 Å². The molecule has 0 spiro atoms. The Balaban J connectivity index is 1.96. The minimum absolute atomic E-state index is 0.127. The molecule has 0 atom stereocenters. The smallest absolute Gasteiger partial charge is 0.267 e. The van der Waals surface area contributed by atoms with Crippen molar-refractivity contribution >= 4 is 22.4 Å². The Labute approximate surface area is 159 Å². The number of hydrogen-bond donors (Lipinski definition) is 1. The lowest BCUT2D eigenvalue weighted by molar-refractivity contribution is 0.0949. The van der Waals surface area contributed by atoms with Crippen LogP contribution in [0.1, 0.15) is 57.4 Å². The molecule has 1 amide bonds. The summed E-state index contributed by atoms with van der Waals surface area (Å²) < 4.78 is 1.36. The largest absolute Gasteiger partial charge is 0.292 e. The second kappa shape index (κ2) is 7.47. The van der Waals surface area contributed by atoms with Crippen molar-refractivity contribution in [3.8, 4) is 0 Å². The van der Waals surface area contributed by atoms with Crippen LogP contribution in [0.2, 0.25) is 0 Å². The van der Waals surface area contributed by atoms with E-state index in [1.807, 2.05) is 13.0 Å². The number of aromatic nitrogens is 2. The maximum absolute atomic E-state index is 12.8. The van der Waals surface area contributed by atoms with Crippen LogP contribution in [-0.2, 0) is 6.54 Å². The number of carbonyl (C=O) groups excluding carboxylic acids is 1. The van der Waals surface area contributed by atoms with Gasteiger partial charge in [-0.3, -0.25) is 9.59 Å². The molecule has 1 aromatic carbocycles. The predicted octanol–water partition coefficient (Wildman–Crippen LogP) is 3.66. The van der Waals surface area contributed by atoms with Crippen molar-refractivity contribution < 1.29 is 4.79 Å². The van der Waals surface area contributed by atoms with E-state index >= 15 is 0 Å². The van der Waals surface area contributed by atoms with E-state index < -0.39 is 5.91 Å². The summed E-state index contributed by atoms with van der Waals surface area (Å²) in [5.74, 6) is -0.405. The molecular formula is C21H26N4O2. The molecule has 0 bridgehead atoms. The van der Waals surface area contributed by atoms with Crippen LogP contribution in [-0.4, -0.2) is 21.4 Å². The number of benzene rings is 1. The minimum Gasteiger partial charge on any atom is -0.267 e. The van der Waals surface area contributed by atoms with E-state index in [0.29, 0.717) is 17.3 Å². The number of rotatable bonds is 4. The van der Waals surface area contributed by atoms with Gasteiger partial charge < -0.3 is 0 Å². The molecule has 27 heavy (non-hydrogen) atoms. The Morgan fingerprint density at radius 1 is 1.26 bits per heavy atom. The van der Waals surface area contributed by atoms with Gasteiger partial charge in [0.1, 0.15) is 0 Å². The van der Waals surface area contributed by atoms with Crippen molar-refractivity contribution in [2.45, 2.75) is 53.5 Å². The third kappa shape index (κ3) is 4.15. The highest BCUT2D eigenvalue weighted by Gasteiger charge is 2.25. The second-order valence-electron chi connectivity index (χ2n) is 7.98. The number of hydrogen-bond acceptors (Lipinski definition) is 4. The highest BCUT2D eigenvalue weighted by Crippen LogP contribution is 2.33. The maximum atomic E-state index is 12.8. The van der Waals surface area contributed by atoms with Crippen LogP contribution in [0.5, 0.6) is 0 Å². The molecule has 0 unspecified atom stereocenters. The van der Waals surface area contributed by atoms with Gasteiger partial charge in [-0.05, 0) is 43.7 Å². The lowest BCUT2D eigenvalue weighted by Gasteiger charge is -2.29. The molecule has 1 aliphatic rings. The number of amides is 1. The number of fused-ring (bicyclic) bond motifs is 1. The van der Waals surface area contributed by atoms with Gasteiger partial charge in [-0.25, -0.2) is 10.1 Å². The Kier molecular flexibility index (Phi) is 5.26. The summed E-state index contributed by atoms with van der Waals surface area (Å²) in [6, 6.07) is 7.06. The van der Waals surface area contributed by atoms with E-state index in [1.165, 1.54) is 10.3 Å². The van der Waals surface area contributed by atoms with E-state index in [2.05, 4.69) is 36.4 Å². The average molecular weight is 366 g/mol. The zero-order chi connectivity index (χ0) is 19.6. The van der Waals surface area contributed by atoms with Crippen molar-refractivity contribution in [3.05, 3.63) is 52.0 Å². The molecule has 0 fully saturated rings. The first-order chi connectivity index (χ1) is 12.8. The molecule has 1 aromatic heterocycles. The van der Waals surface area contributed by atoms with Crippen LogP contribution in [0.25, 0.3) is 10.8 Å². The van der Waals surface area contributed by atoms with Gasteiger partial charge in [-0.15, -0.1) is 0 Å². The van der Waals surface area contributed by atoms with Crippen molar-refractivity contribution in [2.75, 3.05) is 0 Å². The highest BCUT2D eigenvalue weighted by molar-refractivity contribution is 6.05. The Bertz CT molecular complexity index is 999. The fraction of sp³-hybridized carbons (Fsp3) is 0.429. The number of nitrogens with one attached hydrogen (secondary N) is 1. The van der Waals surface area contributed by atoms with Crippen LogP contribution in [0.3, 0.4) is 0 Å². The summed E-state index contributed by atoms with van der Waals surface area (Å²) in [4.78, 5) is 25.3.